The lowest BCUT2D eigenvalue weighted by Crippen LogP contribution is -2.61. The van der Waals surface area contributed by atoms with Gasteiger partial charge >= 0.3 is 5.97 Å². The molecule has 0 aromatic rings. The maximum atomic E-state index is 11.5. The monoisotopic (exact) mass is 257 g/mol. The second-order valence-corrected chi connectivity index (χ2v) is 5.61. The smallest absolute Gasteiger partial charge is 0.309 e. The molecule has 0 aromatic heterocycles. The summed E-state index contributed by atoms with van der Waals surface area (Å²) >= 11 is 0. The minimum Gasteiger partial charge on any atom is -0.466 e. The molecule has 1 aliphatic rings. The molecule has 0 radical (unpaired) electrons. The maximum Gasteiger partial charge on any atom is 0.309 e. The van der Waals surface area contributed by atoms with Crippen molar-refractivity contribution in [2.45, 2.75) is 53.2 Å². The summed E-state index contributed by atoms with van der Waals surface area (Å²) < 4.78 is 10.7. The van der Waals surface area contributed by atoms with Crippen LogP contribution < -0.4 is 5.32 Å². The Morgan fingerprint density at radius 3 is 2.56 bits per heavy atom. The minimum absolute atomic E-state index is 0.0908. The highest BCUT2D eigenvalue weighted by Crippen LogP contribution is 2.42. The van der Waals surface area contributed by atoms with E-state index in [9.17, 15) is 4.79 Å². The Bertz CT molecular complexity index is 278. The normalized spacial score (nSPS) is 27.4. The number of rotatable bonds is 7. The van der Waals surface area contributed by atoms with Crippen molar-refractivity contribution in [3.05, 3.63) is 0 Å². The minimum atomic E-state index is -0.122. The molecule has 0 heterocycles. The number of nitrogens with one attached hydrogen (secondary N) is 1. The van der Waals surface area contributed by atoms with Gasteiger partial charge in [-0.25, -0.2) is 0 Å². The zero-order valence-electron chi connectivity index (χ0n) is 12.3. The van der Waals surface area contributed by atoms with Gasteiger partial charge in [0.2, 0.25) is 0 Å². The third-order valence-corrected chi connectivity index (χ3v) is 3.90. The Morgan fingerprint density at radius 1 is 1.39 bits per heavy atom. The molecule has 1 saturated carbocycles. The van der Waals surface area contributed by atoms with Gasteiger partial charge in [0.05, 0.1) is 18.6 Å². The molecule has 0 bridgehead atoms. The summed E-state index contributed by atoms with van der Waals surface area (Å²) in [5, 5.41) is 3.46. The van der Waals surface area contributed by atoms with Crippen LogP contribution in [0.5, 0.6) is 0 Å². The highest BCUT2D eigenvalue weighted by atomic mass is 16.5. The first-order valence-electron chi connectivity index (χ1n) is 6.95. The average molecular weight is 257 g/mol. The summed E-state index contributed by atoms with van der Waals surface area (Å²) in [6.07, 6.45) is 1.36. The molecule has 1 aliphatic carbocycles. The summed E-state index contributed by atoms with van der Waals surface area (Å²) in [5.41, 5.74) is 0.143. The van der Waals surface area contributed by atoms with Crippen LogP contribution in [0.2, 0.25) is 0 Å². The summed E-state index contributed by atoms with van der Waals surface area (Å²) in [4.78, 5) is 11.5. The van der Waals surface area contributed by atoms with Gasteiger partial charge in [-0.1, -0.05) is 20.8 Å². The van der Waals surface area contributed by atoms with E-state index in [1.54, 1.807) is 0 Å². The van der Waals surface area contributed by atoms with E-state index >= 15 is 0 Å². The molecule has 0 aromatic carbocycles. The Balaban J connectivity index is 2.31. The molecule has 4 nitrogen and oxygen atoms in total. The van der Waals surface area contributed by atoms with Gasteiger partial charge in [0, 0.05) is 24.6 Å². The molecule has 4 heteroatoms. The number of hydrogen-bond acceptors (Lipinski definition) is 4. The van der Waals surface area contributed by atoms with E-state index in [4.69, 9.17) is 9.47 Å². The molecule has 3 atom stereocenters. The Hall–Kier alpha value is -0.610. The first kappa shape index (κ1) is 15.4. The number of ether oxygens (including phenoxy) is 2. The first-order valence-corrected chi connectivity index (χ1v) is 6.95. The van der Waals surface area contributed by atoms with Crippen molar-refractivity contribution >= 4 is 5.97 Å². The Morgan fingerprint density at radius 2 is 2.06 bits per heavy atom. The highest BCUT2D eigenvalue weighted by Gasteiger charge is 2.48. The third-order valence-electron chi connectivity index (χ3n) is 3.90. The Kier molecular flexibility index (Phi) is 5.60. The Labute approximate surface area is 110 Å². The van der Waals surface area contributed by atoms with Crippen LogP contribution in [0.25, 0.3) is 0 Å². The average Bonchev–Trinajstić information content (AvgIpc) is 2.32. The third kappa shape index (κ3) is 3.45. The fourth-order valence-electron chi connectivity index (χ4n) is 2.40. The van der Waals surface area contributed by atoms with Crippen LogP contribution >= 0.6 is 0 Å². The van der Waals surface area contributed by atoms with Gasteiger partial charge in [-0.2, -0.15) is 0 Å². The highest BCUT2D eigenvalue weighted by molar-refractivity contribution is 5.72. The van der Waals surface area contributed by atoms with Crippen LogP contribution in [0, 0.1) is 11.3 Å². The van der Waals surface area contributed by atoms with Gasteiger partial charge in [-0.05, 0) is 20.3 Å². The van der Waals surface area contributed by atoms with Crippen molar-refractivity contribution < 1.29 is 14.3 Å². The molecule has 0 saturated heterocycles. The van der Waals surface area contributed by atoms with Crippen molar-refractivity contribution in [2.75, 3.05) is 19.8 Å². The van der Waals surface area contributed by atoms with Gasteiger partial charge in [0.15, 0.2) is 0 Å². The lowest BCUT2D eigenvalue weighted by Gasteiger charge is -2.52. The maximum absolute atomic E-state index is 11.5. The molecule has 0 aliphatic heterocycles. The van der Waals surface area contributed by atoms with Crippen LogP contribution in [0.3, 0.4) is 0 Å². The lowest BCUT2D eigenvalue weighted by molar-refractivity contribution is -0.148. The van der Waals surface area contributed by atoms with Crippen LogP contribution in [0.15, 0.2) is 0 Å². The van der Waals surface area contributed by atoms with E-state index < -0.39 is 0 Å². The standard InChI is InChI=1S/C14H27NO3/c1-6-17-12-8-11(14(12,4)5)15-9-10(3)13(16)18-7-2/h10-12,15H,6-9H2,1-5H3. The van der Waals surface area contributed by atoms with Crippen LogP contribution in [-0.4, -0.2) is 37.9 Å². The molecule has 1 N–H and O–H groups in total. The van der Waals surface area contributed by atoms with Crippen molar-refractivity contribution in [3.8, 4) is 0 Å². The number of carbonyl (C=O) groups excluding carboxylic acids is 1. The fraction of sp³-hybridized carbons (Fsp3) is 0.929. The van der Waals surface area contributed by atoms with E-state index in [2.05, 4.69) is 19.2 Å². The van der Waals surface area contributed by atoms with E-state index in [-0.39, 0.29) is 17.3 Å². The molecule has 106 valence electrons. The second kappa shape index (κ2) is 6.53. The van der Waals surface area contributed by atoms with Crippen LogP contribution in [0.1, 0.15) is 41.0 Å². The van der Waals surface area contributed by atoms with Crippen LogP contribution in [-0.2, 0) is 14.3 Å². The second-order valence-electron chi connectivity index (χ2n) is 5.61. The largest absolute Gasteiger partial charge is 0.466 e. The molecule has 1 fully saturated rings. The molecule has 0 amide bonds. The zero-order valence-corrected chi connectivity index (χ0v) is 12.3. The molecule has 0 spiro atoms. The van der Waals surface area contributed by atoms with E-state index in [0.29, 0.717) is 25.3 Å². The summed E-state index contributed by atoms with van der Waals surface area (Å²) in [7, 11) is 0. The van der Waals surface area contributed by atoms with Gasteiger partial charge < -0.3 is 14.8 Å². The molecule has 18 heavy (non-hydrogen) atoms. The van der Waals surface area contributed by atoms with Gasteiger partial charge in [-0.15, -0.1) is 0 Å². The van der Waals surface area contributed by atoms with Crippen LogP contribution in [0.4, 0.5) is 0 Å². The van der Waals surface area contributed by atoms with Gasteiger partial charge in [-0.3, -0.25) is 4.79 Å². The van der Waals surface area contributed by atoms with Crippen molar-refractivity contribution in [3.63, 3.8) is 0 Å². The van der Waals surface area contributed by atoms with Gasteiger partial charge in [0.1, 0.15) is 0 Å². The zero-order chi connectivity index (χ0) is 13.8. The first-order chi connectivity index (χ1) is 8.43. The van der Waals surface area contributed by atoms with Gasteiger partial charge in [0.25, 0.3) is 0 Å². The number of esters is 1. The predicted molar refractivity (Wildman–Crippen MR) is 71.4 cm³/mol. The topological polar surface area (TPSA) is 47.6 Å². The van der Waals surface area contributed by atoms with Crippen molar-refractivity contribution in [1.82, 2.24) is 5.32 Å². The molecule has 1 rings (SSSR count). The van der Waals surface area contributed by atoms with E-state index in [1.165, 1.54) is 0 Å². The SMILES string of the molecule is CCOC(=O)C(C)CNC1CC(OCC)C1(C)C. The summed E-state index contributed by atoms with van der Waals surface area (Å²) in [5.74, 6) is -0.213. The van der Waals surface area contributed by atoms with Crippen molar-refractivity contribution in [1.29, 1.82) is 0 Å². The van der Waals surface area contributed by atoms with E-state index in [0.717, 1.165) is 13.0 Å². The number of hydrogen-bond donors (Lipinski definition) is 1. The molecular weight excluding hydrogens is 230 g/mol. The fourth-order valence-corrected chi connectivity index (χ4v) is 2.40. The lowest BCUT2D eigenvalue weighted by atomic mass is 9.64. The number of carbonyl (C=O) groups is 1. The van der Waals surface area contributed by atoms with Crippen molar-refractivity contribution in [2.24, 2.45) is 11.3 Å². The molecular formula is C14H27NO3. The summed E-state index contributed by atoms with van der Waals surface area (Å²) in [6, 6.07) is 0.422. The van der Waals surface area contributed by atoms with E-state index in [1.807, 2.05) is 20.8 Å². The quantitative estimate of drug-likeness (QED) is 0.708. The molecule has 3 unspecified atom stereocenters. The predicted octanol–water partition coefficient (Wildman–Crippen LogP) is 1.98. The summed E-state index contributed by atoms with van der Waals surface area (Å²) in [6.45, 7) is 12.1.